The van der Waals surface area contributed by atoms with Crippen molar-refractivity contribution in [1.29, 1.82) is 0 Å². The second kappa shape index (κ2) is 5.09. The van der Waals surface area contributed by atoms with Crippen LogP contribution >= 0.6 is 0 Å². The van der Waals surface area contributed by atoms with Crippen molar-refractivity contribution in [3.63, 3.8) is 0 Å². The van der Waals surface area contributed by atoms with Crippen LogP contribution in [0.1, 0.15) is 32.6 Å². The Balaban J connectivity index is 2.40. The quantitative estimate of drug-likeness (QED) is 0.673. The highest BCUT2D eigenvalue weighted by molar-refractivity contribution is 7.86. The van der Waals surface area contributed by atoms with E-state index in [2.05, 4.69) is 6.92 Å². The molecule has 1 saturated heterocycles. The van der Waals surface area contributed by atoms with E-state index in [1.165, 1.54) is 0 Å². The van der Waals surface area contributed by atoms with Gasteiger partial charge in [-0.3, -0.25) is 4.18 Å². The molecule has 14 heavy (non-hydrogen) atoms. The number of ether oxygens (including phenoxy) is 1. The Morgan fingerprint density at radius 2 is 2.21 bits per heavy atom. The van der Waals surface area contributed by atoms with Crippen LogP contribution in [0.5, 0.6) is 0 Å². The molecular formula is C9H18O4S. The van der Waals surface area contributed by atoms with Crippen LogP contribution in [-0.4, -0.2) is 33.5 Å². The van der Waals surface area contributed by atoms with Gasteiger partial charge in [-0.25, -0.2) is 0 Å². The molecule has 0 aliphatic carbocycles. The lowest BCUT2D eigenvalue weighted by Gasteiger charge is -2.28. The van der Waals surface area contributed by atoms with E-state index in [1.807, 2.05) is 0 Å². The standard InChI is InChI=1S/C9H18O4S/c1-3-4-8-7-9(5-6-12-8)13-14(2,10)11/h8-9H,3-7H2,1-2H3. The normalized spacial score (nSPS) is 29.0. The second-order valence-corrected chi connectivity index (χ2v) is 5.33. The average Bonchev–Trinajstić information content (AvgIpc) is 2.02. The lowest BCUT2D eigenvalue weighted by molar-refractivity contribution is -0.0361. The van der Waals surface area contributed by atoms with Gasteiger partial charge in [0.05, 0.1) is 18.5 Å². The van der Waals surface area contributed by atoms with Gasteiger partial charge in [0, 0.05) is 13.0 Å². The maximum Gasteiger partial charge on any atom is 0.264 e. The van der Waals surface area contributed by atoms with Crippen LogP contribution < -0.4 is 0 Å². The Labute approximate surface area is 85.7 Å². The topological polar surface area (TPSA) is 52.6 Å². The van der Waals surface area contributed by atoms with Gasteiger partial charge >= 0.3 is 0 Å². The van der Waals surface area contributed by atoms with Crippen molar-refractivity contribution in [1.82, 2.24) is 0 Å². The Morgan fingerprint density at radius 3 is 2.79 bits per heavy atom. The molecule has 0 spiro atoms. The summed E-state index contributed by atoms with van der Waals surface area (Å²) in [5, 5.41) is 0. The summed E-state index contributed by atoms with van der Waals surface area (Å²) < 4.78 is 32.2. The molecule has 0 bridgehead atoms. The Morgan fingerprint density at radius 1 is 1.50 bits per heavy atom. The van der Waals surface area contributed by atoms with Gasteiger partial charge in [0.15, 0.2) is 0 Å². The Kier molecular flexibility index (Phi) is 4.34. The van der Waals surface area contributed by atoms with E-state index in [-0.39, 0.29) is 12.2 Å². The molecule has 4 nitrogen and oxygen atoms in total. The SMILES string of the molecule is CCCC1CC(OS(C)(=O)=O)CCO1. The molecule has 2 atom stereocenters. The summed E-state index contributed by atoms with van der Waals surface area (Å²) in [6.07, 6.45) is 4.47. The third-order valence-electron chi connectivity index (χ3n) is 2.24. The van der Waals surface area contributed by atoms with Crippen molar-refractivity contribution in [2.75, 3.05) is 12.9 Å². The van der Waals surface area contributed by atoms with Gasteiger partial charge in [0.25, 0.3) is 10.1 Å². The minimum absolute atomic E-state index is 0.167. The largest absolute Gasteiger partial charge is 0.378 e. The summed E-state index contributed by atoms with van der Waals surface area (Å²) >= 11 is 0. The predicted octanol–water partition coefficient (Wildman–Crippen LogP) is 1.31. The van der Waals surface area contributed by atoms with Crippen LogP contribution in [0.3, 0.4) is 0 Å². The third kappa shape index (κ3) is 4.39. The first kappa shape index (κ1) is 11.9. The van der Waals surface area contributed by atoms with Crippen LogP contribution in [0.2, 0.25) is 0 Å². The Bertz CT molecular complexity index is 258. The highest BCUT2D eigenvalue weighted by Gasteiger charge is 2.25. The fraction of sp³-hybridized carbons (Fsp3) is 1.00. The lowest BCUT2D eigenvalue weighted by atomic mass is 10.0. The predicted molar refractivity (Wildman–Crippen MR) is 53.6 cm³/mol. The summed E-state index contributed by atoms with van der Waals surface area (Å²) in [7, 11) is -3.32. The molecule has 1 heterocycles. The van der Waals surface area contributed by atoms with E-state index < -0.39 is 10.1 Å². The summed E-state index contributed by atoms with van der Waals surface area (Å²) in [4.78, 5) is 0. The molecule has 0 saturated carbocycles. The summed E-state index contributed by atoms with van der Waals surface area (Å²) in [5.74, 6) is 0. The van der Waals surface area contributed by atoms with Crippen LogP contribution in [0, 0.1) is 0 Å². The zero-order valence-corrected chi connectivity index (χ0v) is 9.55. The van der Waals surface area contributed by atoms with E-state index in [9.17, 15) is 8.42 Å². The molecule has 1 aliphatic heterocycles. The molecule has 0 aromatic carbocycles. The van der Waals surface area contributed by atoms with Gasteiger partial charge < -0.3 is 4.74 Å². The van der Waals surface area contributed by atoms with Crippen LogP contribution in [0.4, 0.5) is 0 Å². The fourth-order valence-electron chi connectivity index (χ4n) is 1.70. The fourth-order valence-corrected chi connectivity index (χ4v) is 2.37. The maximum atomic E-state index is 10.9. The van der Waals surface area contributed by atoms with Gasteiger partial charge in [0.2, 0.25) is 0 Å². The van der Waals surface area contributed by atoms with Crippen molar-refractivity contribution >= 4 is 10.1 Å². The van der Waals surface area contributed by atoms with E-state index in [0.717, 1.165) is 19.1 Å². The monoisotopic (exact) mass is 222 g/mol. The van der Waals surface area contributed by atoms with Gasteiger partial charge in [-0.1, -0.05) is 13.3 Å². The van der Waals surface area contributed by atoms with Crippen molar-refractivity contribution in [3.05, 3.63) is 0 Å². The molecule has 0 radical (unpaired) electrons. The molecule has 5 heteroatoms. The molecule has 0 amide bonds. The van der Waals surface area contributed by atoms with Crippen LogP contribution in [0.25, 0.3) is 0 Å². The molecule has 0 N–H and O–H groups in total. The molecular weight excluding hydrogens is 204 g/mol. The zero-order valence-electron chi connectivity index (χ0n) is 8.73. The summed E-state index contributed by atoms with van der Waals surface area (Å²) in [5.41, 5.74) is 0. The smallest absolute Gasteiger partial charge is 0.264 e. The van der Waals surface area contributed by atoms with E-state index >= 15 is 0 Å². The minimum atomic E-state index is -3.32. The highest BCUT2D eigenvalue weighted by Crippen LogP contribution is 2.21. The van der Waals surface area contributed by atoms with E-state index in [1.54, 1.807) is 0 Å². The highest BCUT2D eigenvalue weighted by atomic mass is 32.2. The Hall–Kier alpha value is -0.130. The minimum Gasteiger partial charge on any atom is -0.378 e. The summed E-state index contributed by atoms with van der Waals surface area (Å²) in [6.45, 7) is 2.69. The lowest BCUT2D eigenvalue weighted by Crippen LogP contribution is -2.32. The van der Waals surface area contributed by atoms with Crippen LogP contribution in [0.15, 0.2) is 0 Å². The van der Waals surface area contributed by atoms with Crippen molar-refractivity contribution in [2.45, 2.75) is 44.8 Å². The second-order valence-electron chi connectivity index (χ2n) is 3.73. The number of rotatable bonds is 4. The third-order valence-corrected chi connectivity index (χ3v) is 2.86. The van der Waals surface area contributed by atoms with Gasteiger partial charge in [-0.15, -0.1) is 0 Å². The molecule has 0 aromatic rings. The molecule has 0 aromatic heterocycles. The molecule has 2 unspecified atom stereocenters. The first-order valence-corrected chi connectivity index (χ1v) is 6.82. The number of hydrogen-bond acceptors (Lipinski definition) is 4. The molecule has 1 fully saturated rings. The number of hydrogen-bond donors (Lipinski definition) is 0. The van der Waals surface area contributed by atoms with E-state index in [0.29, 0.717) is 19.4 Å². The maximum absolute atomic E-state index is 10.9. The molecule has 84 valence electrons. The first-order chi connectivity index (χ1) is 6.51. The summed E-state index contributed by atoms with van der Waals surface area (Å²) in [6, 6.07) is 0. The van der Waals surface area contributed by atoms with Gasteiger partial charge in [-0.05, 0) is 12.8 Å². The van der Waals surface area contributed by atoms with E-state index in [4.69, 9.17) is 8.92 Å². The van der Waals surface area contributed by atoms with Crippen molar-refractivity contribution in [3.8, 4) is 0 Å². The van der Waals surface area contributed by atoms with Crippen LogP contribution in [-0.2, 0) is 19.0 Å². The van der Waals surface area contributed by atoms with Gasteiger partial charge in [0.1, 0.15) is 0 Å². The van der Waals surface area contributed by atoms with Crippen molar-refractivity contribution < 1.29 is 17.3 Å². The van der Waals surface area contributed by atoms with Crippen molar-refractivity contribution in [2.24, 2.45) is 0 Å². The van der Waals surface area contributed by atoms with Gasteiger partial charge in [-0.2, -0.15) is 8.42 Å². The molecule has 1 rings (SSSR count). The molecule has 1 aliphatic rings. The average molecular weight is 222 g/mol. The zero-order chi connectivity index (χ0) is 10.6. The first-order valence-electron chi connectivity index (χ1n) is 5.01.